The fourth-order valence-corrected chi connectivity index (χ4v) is 4.35. The summed E-state index contributed by atoms with van der Waals surface area (Å²) in [5.41, 5.74) is 5.69. The summed E-state index contributed by atoms with van der Waals surface area (Å²) in [7, 11) is 0. The van der Waals surface area contributed by atoms with Gasteiger partial charge in [-0.15, -0.1) is 0 Å². The van der Waals surface area contributed by atoms with Crippen molar-refractivity contribution in [2.24, 2.45) is 0 Å². The van der Waals surface area contributed by atoms with E-state index in [4.69, 9.17) is 0 Å². The van der Waals surface area contributed by atoms with Crippen LogP contribution in [0.5, 0.6) is 0 Å². The Hall–Kier alpha value is -6.09. The van der Waals surface area contributed by atoms with E-state index < -0.39 is 0 Å². The molecule has 0 N–H and O–H groups in total. The van der Waals surface area contributed by atoms with E-state index in [-0.39, 0.29) is 17.5 Å². The lowest BCUT2D eigenvalue weighted by Gasteiger charge is -2.07. The molecule has 0 spiro atoms. The van der Waals surface area contributed by atoms with Crippen LogP contribution in [0.4, 0.5) is 0 Å². The van der Waals surface area contributed by atoms with E-state index in [1.165, 1.54) is 0 Å². The average molecular weight is 544 g/mol. The molecule has 0 atom stereocenters. The van der Waals surface area contributed by atoms with Crippen LogP contribution in [0.25, 0.3) is 68.3 Å². The van der Waals surface area contributed by atoms with Gasteiger partial charge in [0, 0.05) is 53.9 Å². The van der Waals surface area contributed by atoms with Crippen LogP contribution in [0.2, 0.25) is 0 Å². The predicted molar refractivity (Wildman–Crippen MR) is 159 cm³/mol. The lowest BCUT2D eigenvalue weighted by atomic mass is 10.1. The van der Waals surface area contributed by atoms with Crippen molar-refractivity contribution in [3.05, 3.63) is 128 Å². The van der Waals surface area contributed by atoms with Crippen molar-refractivity contribution in [2.45, 2.75) is 0 Å². The molecule has 3 aromatic carbocycles. The number of benzene rings is 3. The van der Waals surface area contributed by atoms with E-state index in [1.807, 2.05) is 91.0 Å². The molecule has 0 bridgehead atoms. The van der Waals surface area contributed by atoms with Gasteiger partial charge >= 0.3 is 0 Å². The molecule has 9 nitrogen and oxygen atoms in total. The first kappa shape index (κ1) is 24.9. The molecular weight excluding hydrogens is 522 g/mol. The Morgan fingerprint density at radius 2 is 0.476 bits per heavy atom. The van der Waals surface area contributed by atoms with Gasteiger partial charge < -0.3 is 0 Å². The summed E-state index contributed by atoms with van der Waals surface area (Å²) in [6.45, 7) is 0. The molecule has 0 unspecified atom stereocenters. The molecule has 0 radical (unpaired) electrons. The molecule has 42 heavy (non-hydrogen) atoms. The van der Waals surface area contributed by atoms with Crippen LogP contribution in [0.3, 0.4) is 0 Å². The number of nitrogens with zero attached hydrogens (tertiary/aromatic N) is 9. The maximum absolute atomic E-state index is 4.64. The number of hydrogen-bond donors (Lipinski definition) is 0. The third-order valence-corrected chi connectivity index (χ3v) is 6.51. The Balaban J connectivity index is 1.29. The maximum atomic E-state index is 4.64. The summed E-state index contributed by atoms with van der Waals surface area (Å²) in [6, 6.07) is 29.8. The van der Waals surface area contributed by atoms with E-state index in [0.717, 1.165) is 33.4 Å². The first-order valence-electron chi connectivity index (χ1n) is 13.2. The zero-order chi connectivity index (χ0) is 28.1. The van der Waals surface area contributed by atoms with Crippen LogP contribution >= 0.6 is 0 Å². The van der Waals surface area contributed by atoms with Gasteiger partial charge in [0.15, 0.2) is 17.5 Å². The molecular formula is C33H21N9. The second-order valence-electron chi connectivity index (χ2n) is 9.29. The van der Waals surface area contributed by atoms with Gasteiger partial charge in [-0.1, -0.05) is 91.0 Å². The second kappa shape index (κ2) is 11.2. The Morgan fingerprint density at radius 1 is 0.238 bits per heavy atom. The van der Waals surface area contributed by atoms with Crippen LogP contribution in [-0.4, -0.2) is 44.9 Å². The second-order valence-corrected chi connectivity index (χ2v) is 9.29. The van der Waals surface area contributed by atoms with Crippen LogP contribution in [-0.2, 0) is 0 Å². The summed E-state index contributed by atoms with van der Waals surface area (Å²) >= 11 is 0. The first-order chi connectivity index (χ1) is 20.8. The van der Waals surface area contributed by atoms with E-state index in [2.05, 4.69) is 44.9 Å². The quantitative estimate of drug-likeness (QED) is 0.240. The minimum Gasteiger partial charge on any atom is -0.233 e. The van der Waals surface area contributed by atoms with Gasteiger partial charge in [0.1, 0.15) is 0 Å². The number of rotatable bonds is 6. The predicted octanol–water partition coefficient (Wildman–Crippen LogP) is 6.24. The van der Waals surface area contributed by atoms with E-state index in [1.54, 1.807) is 37.2 Å². The molecule has 198 valence electrons. The number of hydrogen-bond acceptors (Lipinski definition) is 9. The molecule has 4 aromatic heterocycles. The number of aromatic nitrogens is 9. The third kappa shape index (κ3) is 5.22. The average Bonchev–Trinajstić information content (AvgIpc) is 3.09. The van der Waals surface area contributed by atoms with Crippen molar-refractivity contribution >= 4 is 0 Å². The summed E-state index contributed by atoms with van der Waals surface area (Å²) in [5.74, 6) is 1.80. The van der Waals surface area contributed by atoms with E-state index in [0.29, 0.717) is 17.5 Å². The lowest BCUT2D eigenvalue weighted by molar-refractivity contribution is 0.984. The maximum Gasteiger partial charge on any atom is 0.202 e. The van der Waals surface area contributed by atoms with Gasteiger partial charge in [0.2, 0.25) is 17.5 Å². The van der Waals surface area contributed by atoms with Crippen molar-refractivity contribution in [3.8, 4) is 68.3 Å². The monoisotopic (exact) mass is 543 g/mol. The van der Waals surface area contributed by atoms with E-state index >= 15 is 0 Å². The van der Waals surface area contributed by atoms with E-state index in [9.17, 15) is 0 Å². The topological polar surface area (TPSA) is 116 Å². The summed E-state index contributed by atoms with van der Waals surface area (Å²) in [5, 5.41) is 0. The van der Waals surface area contributed by atoms with Gasteiger partial charge in [0.25, 0.3) is 0 Å². The molecule has 0 saturated heterocycles. The van der Waals surface area contributed by atoms with Crippen LogP contribution < -0.4 is 0 Å². The van der Waals surface area contributed by atoms with Crippen LogP contribution in [0.15, 0.2) is 128 Å². The highest BCUT2D eigenvalue weighted by Gasteiger charge is 2.17. The van der Waals surface area contributed by atoms with Crippen LogP contribution in [0.1, 0.15) is 0 Å². The van der Waals surface area contributed by atoms with Crippen molar-refractivity contribution in [2.75, 3.05) is 0 Å². The highest BCUT2D eigenvalue weighted by molar-refractivity contribution is 5.66. The zero-order valence-electron chi connectivity index (χ0n) is 22.1. The van der Waals surface area contributed by atoms with Crippen molar-refractivity contribution in [3.63, 3.8) is 0 Å². The summed E-state index contributed by atoms with van der Waals surface area (Å²) in [4.78, 5) is 41.3. The summed E-state index contributed by atoms with van der Waals surface area (Å²) in [6.07, 6.45) is 10.5. The Bertz CT molecular complexity index is 1690. The van der Waals surface area contributed by atoms with Crippen LogP contribution in [0, 0.1) is 0 Å². The molecule has 7 rings (SSSR count). The van der Waals surface area contributed by atoms with Gasteiger partial charge in [0.05, 0.1) is 0 Å². The summed E-state index contributed by atoms with van der Waals surface area (Å²) < 4.78 is 0. The fraction of sp³-hybridized carbons (Fsp3) is 0. The highest BCUT2D eigenvalue weighted by Crippen LogP contribution is 2.24. The Labute approximate surface area is 241 Å². The Kier molecular flexibility index (Phi) is 6.63. The highest BCUT2D eigenvalue weighted by atomic mass is 15.1. The molecule has 0 aliphatic carbocycles. The first-order valence-corrected chi connectivity index (χ1v) is 13.2. The largest absolute Gasteiger partial charge is 0.233 e. The molecule has 0 aliphatic heterocycles. The van der Waals surface area contributed by atoms with Gasteiger partial charge in [-0.05, 0) is 16.7 Å². The molecule has 0 amide bonds. The SMILES string of the molecule is c1ccc(-c2cnc(-c3nc(-c4ncc(-c5ccccc5)cn4)nc(-c4ncc(-c5ccccc5)cn4)n3)nc2)cc1. The molecule has 4 heterocycles. The third-order valence-electron chi connectivity index (χ3n) is 6.51. The van der Waals surface area contributed by atoms with Gasteiger partial charge in [-0.25, -0.2) is 44.9 Å². The van der Waals surface area contributed by atoms with Crippen molar-refractivity contribution < 1.29 is 0 Å². The standard InChI is InChI=1S/C33H21N9/c1-4-10-22(11-5-1)25-16-34-28(35-17-25)31-40-32(29-36-18-26(19-37-29)23-12-6-2-7-13-23)42-33(41-31)30-38-20-27(21-39-30)24-14-8-3-9-15-24/h1-21H. The lowest BCUT2D eigenvalue weighted by Crippen LogP contribution is -2.05. The van der Waals surface area contributed by atoms with Gasteiger partial charge in [-0.3, -0.25) is 0 Å². The minimum atomic E-state index is 0.265. The molecule has 0 aliphatic rings. The molecule has 7 aromatic rings. The zero-order valence-corrected chi connectivity index (χ0v) is 22.1. The normalized spacial score (nSPS) is 10.9. The minimum absolute atomic E-state index is 0.265. The van der Waals surface area contributed by atoms with Gasteiger partial charge in [-0.2, -0.15) is 0 Å². The molecule has 0 fully saturated rings. The smallest absolute Gasteiger partial charge is 0.202 e. The Morgan fingerprint density at radius 3 is 0.714 bits per heavy atom. The fourth-order valence-electron chi connectivity index (χ4n) is 4.35. The van der Waals surface area contributed by atoms with Crippen molar-refractivity contribution in [1.29, 1.82) is 0 Å². The molecule has 9 heteroatoms. The molecule has 0 saturated carbocycles. The van der Waals surface area contributed by atoms with Crippen molar-refractivity contribution in [1.82, 2.24) is 44.9 Å².